The molecule has 0 saturated heterocycles. The van der Waals surface area contributed by atoms with E-state index in [1.807, 2.05) is 37.3 Å². The lowest BCUT2D eigenvalue weighted by molar-refractivity contribution is -0.142. The average molecular weight is 437 g/mol. The Morgan fingerprint density at radius 2 is 1.57 bits per heavy atom. The maximum atomic E-state index is 12.2. The zero-order valence-corrected chi connectivity index (χ0v) is 20.0. The molecule has 1 rings (SSSR count). The number of amides is 2. The van der Waals surface area contributed by atoms with Gasteiger partial charge in [-0.3, -0.25) is 9.59 Å². The highest BCUT2D eigenvalue weighted by atomic mass is 28.4. The van der Waals surface area contributed by atoms with Gasteiger partial charge >= 0.3 is 5.97 Å². The van der Waals surface area contributed by atoms with Crippen molar-refractivity contribution in [2.75, 3.05) is 6.61 Å². The predicted molar refractivity (Wildman–Crippen MR) is 120 cm³/mol. The van der Waals surface area contributed by atoms with E-state index in [4.69, 9.17) is 4.43 Å². The van der Waals surface area contributed by atoms with Gasteiger partial charge in [-0.25, -0.2) is 4.79 Å². The quantitative estimate of drug-likeness (QED) is 0.460. The number of rotatable bonds is 11. The molecule has 30 heavy (non-hydrogen) atoms. The highest BCUT2D eigenvalue weighted by Crippen LogP contribution is 2.36. The summed E-state index contributed by atoms with van der Waals surface area (Å²) in [6, 6.07) is 8.33. The van der Waals surface area contributed by atoms with Crippen LogP contribution in [0.3, 0.4) is 0 Å². The number of hydrogen-bond donors (Lipinski definition) is 3. The Kier molecular flexibility index (Phi) is 9.71. The Morgan fingerprint density at radius 1 is 1.03 bits per heavy atom. The van der Waals surface area contributed by atoms with E-state index in [0.29, 0.717) is 0 Å². The molecule has 1 aromatic rings. The fourth-order valence-corrected chi connectivity index (χ4v) is 3.60. The molecule has 0 aliphatic rings. The Hall–Kier alpha value is -2.19. The van der Waals surface area contributed by atoms with Crippen molar-refractivity contribution in [3.8, 4) is 0 Å². The van der Waals surface area contributed by atoms with Crippen molar-refractivity contribution in [3.05, 3.63) is 35.9 Å². The van der Waals surface area contributed by atoms with Crippen LogP contribution in [0.5, 0.6) is 0 Å². The van der Waals surface area contributed by atoms with Crippen LogP contribution in [0.2, 0.25) is 18.1 Å². The van der Waals surface area contributed by atoms with Gasteiger partial charge in [0, 0.05) is 25.9 Å². The molecule has 0 saturated carbocycles. The van der Waals surface area contributed by atoms with Gasteiger partial charge in [0.25, 0.3) is 0 Å². The summed E-state index contributed by atoms with van der Waals surface area (Å²) in [5.74, 6) is -1.82. The van der Waals surface area contributed by atoms with Gasteiger partial charge in [0.2, 0.25) is 11.8 Å². The van der Waals surface area contributed by atoms with Gasteiger partial charge in [0.15, 0.2) is 8.32 Å². The van der Waals surface area contributed by atoms with Crippen LogP contribution in [0.4, 0.5) is 0 Å². The molecule has 168 valence electrons. The third-order valence-corrected chi connectivity index (χ3v) is 10.1. The van der Waals surface area contributed by atoms with Crippen molar-refractivity contribution >= 4 is 26.1 Å². The first-order valence-corrected chi connectivity index (χ1v) is 13.2. The Balaban J connectivity index is 2.44. The van der Waals surface area contributed by atoms with Crippen molar-refractivity contribution in [1.82, 2.24) is 10.6 Å². The minimum absolute atomic E-state index is 0.00415. The standard InChI is InChI=1S/C22H36N2O5Si/c1-16(17-10-8-7-9-11-17)23-19(25)12-13-20(26)24-18(21(27)28)14-15-29-30(5,6)22(2,3)4/h7-11,16,18H,12-15H2,1-6H3,(H,23,25)(H,24,26)(H,27,28)/t16-,18+/m1/s1. The van der Waals surface area contributed by atoms with Gasteiger partial charge in [0.1, 0.15) is 6.04 Å². The van der Waals surface area contributed by atoms with Crippen LogP contribution in [0, 0.1) is 0 Å². The molecular formula is C22H36N2O5Si. The van der Waals surface area contributed by atoms with E-state index >= 15 is 0 Å². The number of carboxylic acid groups (broad SMARTS) is 1. The van der Waals surface area contributed by atoms with Crippen LogP contribution in [0.15, 0.2) is 30.3 Å². The summed E-state index contributed by atoms with van der Waals surface area (Å²) in [5, 5.41) is 14.8. The number of hydrogen-bond acceptors (Lipinski definition) is 4. The highest BCUT2D eigenvalue weighted by molar-refractivity contribution is 6.74. The SMILES string of the molecule is C[C@@H](NC(=O)CCC(=O)N[C@@H](CCO[Si](C)(C)C(C)(C)C)C(=O)O)c1ccccc1. The fraction of sp³-hybridized carbons (Fsp3) is 0.591. The summed E-state index contributed by atoms with van der Waals surface area (Å²) in [6.45, 7) is 12.7. The van der Waals surface area contributed by atoms with E-state index in [9.17, 15) is 19.5 Å². The van der Waals surface area contributed by atoms with Crippen molar-refractivity contribution in [2.24, 2.45) is 0 Å². The molecule has 2 amide bonds. The van der Waals surface area contributed by atoms with Gasteiger partial charge in [-0.1, -0.05) is 51.1 Å². The Labute approximate surface area is 180 Å². The minimum Gasteiger partial charge on any atom is -0.480 e. The zero-order valence-electron chi connectivity index (χ0n) is 19.0. The van der Waals surface area contributed by atoms with Gasteiger partial charge in [0.05, 0.1) is 6.04 Å². The van der Waals surface area contributed by atoms with Crippen LogP contribution in [0.25, 0.3) is 0 Å². The molecule has 1 aromatic carbocycles. The van der Waals surface area contributed by atoms with Crippen molar-refractivity contribution in [2.45, 2.75) is 77.2 Å². The molecule has 7 nitrogen and oxygen atoms in total. The molecule has 3 N–H and O–H groups in total. The molecule has 0 bridgehead atoms. The van der Waals surface area contributed by atoms with E-state index in [1.54, 1.807) is 0 Å². The van der Waals surface area contributed by atoms with Crippen LogP contribution in [-0.4, -0.2) is 43.9 Å². The molecular weight excluding hydrogens is 400 g/mol. The van der Waals surface area contributed by atoms with E-state index in [0.717, 1.165) is 5.56 Å². The molecule has 0 aromatic heterocycles. The summed E-state index contributed by atoms with van der Waals surface area (Å²) in [5.41, 5.74) is 0.975. The third-order valence-electron chi connectivity index (χ3n) is 5.57. The predicted octanol–water partition coefficient (Wildman–Crippen LogP) is 3.63. The van der Waals surface area contributed by atoms with Crippen molar-refractivity contribution in [3.63, 3.8) is 0 Å². The molecule has 0 aliphatic heterocycles. The summed E-state index contributed by atoms with van der Waals surface area (Å²) in [4.78, 5) is 35.7. The molecule has 0 spiro atoms. The maximum absolute atomic E-state index is 12.2. The van der Waals surface area contributed by atoms with Gasteiger partial charge in [-0.05, 0) is 30.6 Å². The van der Waals surface area contributed by atoms with Crippen LogP contribution in [0.1, 0.15) is 58.6 Å². The lowest BCUT2D eigenvalue weighted by atomic mass is 10.1. The molecule has 2 atom stereocenters. The smallest absolute Gasteiger partial charge is 0.326 e. The minimum atomic E-state index is -1.98. The van der Waals surface area contributed by atoms with E-state index < -0.39 is 26.2 Å². The number of benzene rings is 1. The van der Waals surface area contributed by atoms with Crippen molar-refractivity contribution in [1.29, 1.82) is 0 Å². The Morgan fingerprint density at radius 3 is 2.07 bits per heavy atom. The number of nitrogens with one attached hydrogen (secondary N) is 2. The molecule has 0 aliphatic carbocycles. The monoisotopic (exact) mass is 436 g/mol. The largest absolute Gasteiger partial charge is 0.480 e. The summed E-state index contributed by atoms with van der Waals surface area (Å²) < 4.78 is 6.00. The van der Waals surface area contributed by atoms with E-state index in [1.165, 1.54) is 0 Å². The van der Waals surface area contributed by atoms with Crippen molar-refractivity contribution < 1.29 is 23.9 Å². The third kappa shape index (κ3) is 8.67. The highest BCUT2D eigenvalue weighted by Gasteiger charge is 2.37. The fourth-order valence-electron chi connectivity index (χ4n) is 2.54. The number of carbonyl (C=O) groups is 3. The van der Waals surface area contributed by atoms with Gasteiger partial charge in [-0.15, -0.1) is 0 Å². The second-order valence-electron chi connectivity index (χ2n) is 9.06. The van der Waals surface area contributed by atoms with Crippen LogP contribution in [-0.2, 0) is 18.8 Å². The van der Waals surface area contributed by atoms with Gasteiger partial charge < -0.3 is 20.2 Å². The molecule has 0 fully saturated rings. The zero-order chi connectivity index (χ0) is 22.9. The second kappa shape index (κ2) is 11.3. The number of carbonyl (C=O) groups excluding carboxylic acids is 2. The summed E-state index contributed by atoms with van der Waals surface area (Å²) in [6.07, 6.45) is 0.112. The second-order valence-corrected chi connectivity index (χ2v) is 13.9. The molecule has 0 radical (unpaired) electrons. The first-order chi connectivity index (χ1) is 13.8. The van der Waals surface area contributed by atoms with E-state index in [2.05, 4.69) is 44.5 Å². The topological polar surface area (TPSA) is 105 Å². The molecule has 0 unspecified atom stereocenters. The van der Waals surface area contributed by atoms with Crippen LogP contribution < -0.4 is 10.6 Å². The molecule has 0 heterocycles. The lowest BCUT2D eigenvalue weighted by Gasteiger charge is -2.36. The van der Waals surface area contributed by atoms with Gasteiger partial charge in [-0.2, -0.15) is 0 Å². The first-order valence-electron chi connectivity index (χ1n) is 10.3. The average Bonchev–Trinajstić information content (AvgIpc) is 2.65. The maximum Gasteiger partial charge on any atom is 0.326 e. The summed E-state index contributed by atoms with van der Waals surface area (Å²) in [7, 11) is -1.98. The Bertz CT molecular complexity index is 716. The lowest BCUT2D eigenvalue weighted by Crippen LogP contribution is -2.44. The van der Waals surface area contributed by atoms with Crippen LogP contribution >= 0.6 is 0 Å². The first kappa shape index (κ1) is 25.8. The molecule has 8 heteroatoms. The normalized spacial score (nSPS) is 13.9. The van der Waals surface area contributed by atoms with E-state index in [-0.39, 0.29) is 42.9 Å². The summed E-state index contributed by atoms with van der Waals surface area (Å²) >= 11 is 0. The number of carboxylic acids is 1. The number of aliphatic carboxylic acids is 1.